The van der Waals surface area contributed by atoms with Crippen molar-refractivity contribution in [1.82, 2.24) is 0 Å². The highest BCUT2D eigenvalue weighted by Crippen LogP contribution is 2.41. The van der Waals surface area contributed by atoms with Crippen molar-refractivity contribution in [1.29, 1.82) is 0 Å². The van der Waals surface area contributed by atoms with E-state index >= 15 is 0 Å². The van der Waals surface area contributed by atoms with E-state index in [1.165, 1.54) is 0 Å². The molecule has 0 fully saturated rings. The molecular formula is C7H16Cl2NO6P. The molecule has 0 aromatic heterocycles. The van der Waals surface area contributed by atoms with Gasteiger partial charge in [-0.05, 0) is 6.42 Å². The monoisotopic (exact) mass is 311 g/mol. The number of carboxylic acid groups (broad SMARTS) is 2. The van der Waals surface area contributed by atoms with Gasteiger partial charge in [0, 0.05) is 12.3 Å². The third kappa shape index (κ3) is 11.9. The lowest BCUT2D eigenvalue weighted by Gasteiger charge is -2.11. The van der Waals surface area contributed by atoms with Gasteiger partial charge in [-0.3, -0.25) is 14.2 Å². The van der Waals surface area contributed by atoms with E-state index < -0.39 is 31.8 Å². The first-order valence-corrected chi connectivity index (χ1v) is 6.28. The van der Waals surface area contributed by atoms with Gasteiger partial charge >= 0.3 is 11.9 Å². The number of hydrogen-bond donors (Lipinski definition) is 4. The van der Waals surface area contributed by atoms with Crippen LogP contribution in [0.15, 0.2) is 0 Å². The zero-order valence-electron chi connectivity index (χ0n) is 8.81. The normalized spacial score (nSPS) is 14.7. The highest BCUT2D eigenvalue weighted by molar-refractivity contribution is 7.58. The number of nitrogens with two attached hydrogens (primary N) is 1. The maximum Gasteiger partial charge on any atom is 0.320 e. The third-order valence-electron chi connectivity index (χ3n) is 1.78. The average Bonchev–Trinajstić information content (AvgIpc) is 2.11. The van der Waals surface area contributed by atoms with E-state index in [0.717, 1.165) is 0 Å². The SMILES string of the molecule is Cl.Cl.N[C@@H](CCP(=O)(O)CCC(=O)O)C(=O)O. The molecule has 7 nitrogen and oxygen atoms in total. The number of carboxylic acids is 2. The van der Waals surface area contributed by atoms with Crippen LogP contribution in [0, 0.1) is 0 Å². The minimum absolute atomic E-state index is 0. The van der Waals surface area contributed by atoms with E-state index in [4.69, 9.17) is 15.9 Å². The van der Waals surface area contributed by atoms with Gasteiger partial charge in [-0.15, -0.1) is 24.8 Å². The predicted octanol–water partition coefficient (Wildman–Crippen LogP) is 0.377. The number of halogens is 2. The molecule has 0 radical (unpaired) electrons. The molecule has 2 atom stereocenters. The lowest BCUT2D eigenvalue weighted by Crippen LogP contribution is -2.31. The van der Waals surface area contributed by atoms with E-state index in [1.54, 1.807) is 0 Å². The van der Waals surface area contributed by atoms with Crippen molar-refractivity contribution >= 4 is 44.1 Å². The summed E-state index contributed by atoms with van der Waals surface area (Å²) in [5, 5.41) is 16.7. The van der Waals surface area contributed by atoms with Gasteiger partial charge in [-0.2, -0.15) is 0 Å². The Kier molecular flexibility index (Phi) is 12.5. The summed E-state index contributed by atoms with van der Waals surface area (Å²) >= 11 is 0. The van der Waals surface area contributed by atoms with Crippen LogP contribution in [0.25, 0.3) is 0 Å². The highest BCUT2D eigenvalue weighted by Gasteiger charge is 2.22. The van der Waals surface area contributed by atoms with Gasteiger partial charge in [0.1, 0.15) is 6.04 Å². The van der Waals surface area contributed by atoms with Crippen LogP contribution in [-0.4, -0.2) is 45.4 Å². The molecule has 17 heavy (non-hydrogen) atoms. The molecule has 0 heterocycles. The first kappa shape index (κ1) is 21.9. The molecule has 0 saturated heterocycles. The van der Waals surface area contributed by atoms with Crippen LogP contribution in [-0.2, 0) is 14.2 Å². The zero-order chi connectivity index (χ0) is 12.1. The lowest BCUT2D eigenvalue weighted by molar-refractivity contribution is -0.139. The minimum Gasteiger partial charge on any atom is -0.481 e. The molecule has 0 aliphatic rings. The van der Waals surface area contributed by atoms with Gasteiger partial charge in [0.15, 0.2) is 0 Å². The van der Waals surface area contributed by atoms with E-state index in [9.17, 15) is 19.0 Å². The van der Waals surface area contributed by atoms with Crippen LogP contribution in [0.3, 0.4) is 0 Å². The Balaban J connectivity index is -0.000000980. The Bertz CT molecular complexity index is 300. The molecule has 104 valence electrons. The van der Waals surface area contributed by atoms with Crippen LogP contribution in [0.1, 0.15) is 12.8 Å². The summed E-state index contributed by atoms with van der Waals surface area (Å²) in [4.78, 5) is 29.7. The molecule has 10 heteroatoms. The van der Waals surface area contributed by atoms with Gasteiger partial charge in [0.2, 0.25) is 7.37 Å². The first-order valence-electron chi connectivity index (χ1n) is 4.25. The van der Waals surface area contributed by atoms with Gasteiger partial charge in [0.05, 0.1) is 6.42 Å². The lowest BCUT2D eigenvalue weighted by atomic mass is 10.2. The van der Waals surface area contributed by atoms with Crippen molar-refractivity contribution in [3.63, 3.8) is 0 Å². The molecule has 1 unspecified atom stereocenters. The highest BCUT2D eigenvalue weighted by atomic mass is 35.5. The molecule has 0 bridgehead atoms. The summed E-state index contributed by atoms with van der Waals surface area (Å²) in [7, 11) is -3.56. The van der Waals surface area contributed by atoms with Crippen molar-refractivity contribution in [3.05, 3.63) is 0 Å². The summed E-state index contributed by atoms with van der Waals surface area (Å²) in [6, 6.07) is -1.18. The standard InChI is InChI=1S/C7H14NO6P.2ClH/c8-5(7(11)12)1-3-15(13,14)4-2-6(9)10;;/h5H,1-4,8H2,(H,9,10)(H,11,12)(H,13,14);2*1H/t5-;;/m0../s1. The molecule has 0 aromatic carbocycles. The Morgan fingerprint density at radius 1 is 1.18 bits per heavy atom. The van der Waals surface area contributed by atoms with Gasteiger partial charge in [-0.1, -0.05) is 0 Å². The fourth-order valence-electron chi connectivity index (χ4n) is 0.846. The maximum atomic E-state index is 11.3. The smallest absolute Gasteiger partial charge is 0.320 e. The number of rotatable bonds is 7. The average molecular weight is 312 g/mol. The van der Waals surface area contributed by atoms with Crippen molar-refractivity contribution in [2.24, 2.45) is 5.73 Å². The van der Waals surface area contributed by atoms with Crippen molar-refractivity contribution in [3.8, 4) is 0 Å². The van der Waals surface area contributed by atoms with Gasteiger partial charge in [-0.25, -0.2) is 0 Å². The van der Waals surface area contributed by atoms with Crippen LogP contribution < -0.4 is 5.73 Å². The number of aliphatic carboxylic acids is 2. The summed E-state index contributed by atoms with van der Waals surface area (Å²) in [5.74, 6) is -2.40. The summed E-state index contributed by atoms with van der Waals surface area (Å²) in [6.07, 6.45) is -1.17. The molecule has 5 N–H and O–H groups in total. The van der Waals surface area contributed by atoms with Crippen molar-refractivity contribution in [2.75, 3.05) is 12.3 Å². The van der Waals surface area contributed by atoms with Crippen molar-refractivity contribution < 1.29 is 29.3 Å². The van der Waals surface area contributed by atoms with Crippen molar-refractivity contribution in [2.45, 2.75) is 18.9 Å². The summed E-state index contributed by atoms with van der Waals surface area (Å²) in [5.41, 5.74) is 5.13. The first-order chi connectivity index (χ1) is 6.74. The van der Waals surface area contributed by atoms with E-state index in [0.29, 0.717) is 0 Å². The molecule has 0 aliphatic heterocycles. The molecule has 0 amide bonds. The largest absolute Gasteiger partial charge is 0.481 e. The topological polar surface area (TPSA) is 138 Å². The minimum atomic E-state index is -3.56. The quantitative estimate of drug-likeness (QED) is 0.498. The third-order valence-corrected chi connectivity index (χ3v) is 3.66. The Labute approximate surface area is 111 Å². The Morgan fingerprint density at radius 2 is 1.65 bits per heavy atom. The molecule has 0 aliphatic carbocycles. The Morgan fingerprint density at radius 3 is 2.00 bits per heavy atom. The molecule has 0 spiro atoms. The van der Waals surface area contributed by atoms with Crippen LogP contribution in [0.4, 0.5) is 0 Å². The zero-order valence-corrected chi connectivity index (χ0v) is 11.3. The fourth-order valence-corrected chi connectivity index (χ4v) is 2.29. The second-order valence-electron chi connectivity index (χ2n) is 3.17. The van der Waals surface area contributed by atoms with E-state index in [2.05, 4.69) is 0 Å². The number of carbonyl (C=O) groups is 2. The summed E-state index contributed by atoms with van der Waals surface area (Å²) < 4.78 is 11.3. The second kappa shape index (κ2) is 9.67. The fraction of sp³-hybridized carbons (Fsp3) is 0.714. The molecule has 0 saturated carbocycles. The molecular weight excluding hydrogens is 296 g/mol. The maximum absolute atomic E-state index is 11.3. The van der Waals surface area contributed by atoms with Crippen LogP contribution in [0.5, 0.6) is 0 Å². The van der Waals surface area contributed by atoms with Gasteiger partial charge in [0.25, 0.3) is 0 Å². The molecule has 0 rings (SSSR count). The predicted molar refractivity (Wildman–Crippen MR) is 66.5 cm³/mol. The van der Waals surface area contributed by atoms with Crippen LogP contribution >= 0.6 is 32.2 Å². The van der Waals surface area contributed by atoms with Gasteiger partial charge < -0.3 is 20.8 Å². The molecule has 0 aromatic rings. The Hall–Kier alpha value is -0.330. The van der Waals surface area contributed by atoms with E-state index in [-0.39, 0.29) is 43.6 Å². The van der Waals surface area contributed by atoms with E-state index in [1.807, 2.05) is 0 Å². The van der Waals surface area contributed by atoms with Crippen LogP contribution in [0.2, 0.25) is 0 Å². The number of hydrogen-bond acceptors (Lipinski definition) is 4. The summed E-state index contributed by atoms with van der Waals surface area (Å²) in [6.45, 7) is 0. The second-order valence-corrected chi connectivity index (χ2v) is 5.76.